The second-order valence-electron chi connectivity index (χ2n) is 7.93. The normalized spacial score (nSPS) is 11.3. The molecule has 0 aliphatic rings. The van der Waals surface area contributed by atoms with Crippen LogP contribution in [0.25, 0.3) is 33.1 Å². The molecule has 1 N–H and O–H groups in total. The van der Waals surface area contributed by atoms with Crippen LogP contribution in [0.15, 0.2) is 50.1 Å². The topological polar surface area (TPSA) is 127 Å². The minimum absolute atomic E-state index is 0.180. The monoisotopic (exact) mass is 456 g/mol. The molecule has 0 spiro atoms. The van der Waals surface area contributed by atoms with Gasteiger partial charge in [0, 0.05) is 10.9 Å². The zero-order valence-electron chi connectivity index (χ0n) is 18.7. The van der Waals surface area contributed by atoms with Gasteiger partial charge < -0.3 is 18.8 Å². The van der Waals surface area contributed by atoms with Crippen LogP contribution in [0, 0.1) is 25.2 Å². The van der Waals surface area contributed by atoms with Crippen molar-refractivity contribution in [2.75, 3.05) is 7.11 Å². The number of benzene rings is 2. The number of hydrogen-bond acceptors (Lipinski definition) is 8. The highest BCUT2D eigenvalue weighted by Gasteiger charge is 2.22. The van der Waals surface area contributed by atoms with E-state index in [-0.39, 0.29) is 17.8 Å². The molecular weight excluding hydrogens is 436 g/mol. The molecule has 0 bridgehead atoms. The number of aryl methyl sites for hydroxylation is 2. The third-order valence-corrected chi connectivity index (χ3v) is 5.83. The summed E-state index contributed by atoms with van der Waals surface area (Å²) >= 11 is 0. The Morgan fingerprint density at radius 3 is 2.74 bits per heavy atom. The summed E-state index contributed by atoms with van der Waals surface area (Å²) in [4.78, 5) is 17.4. The standard InChI is InChI=1S/C25H20N4O5/c1-13-22(14(2)34-28-13)18-8-19-17(9-21(18)32-3)23-24(20(12-30)27-19)33-25(31)29(23)11-16-6-4-5-15(7-16)10-26/h4-9,30H,11-12H2,1-3H3. The van der Waals surface area contributed by atoms with Crippen molar-refractivity contribution >= 4 is 22.0 Å². The summed E-state index contributed by atoms with van der Waals surface area (Å²) in [5, 5.41) is 23.9. The van der Waals surface area contributed by atoms with Crippen LogP contribution in [0.4, 0.5) is 0 Å². The van der Waals surface area contributed by atoms with E-state index in [4.69, 9.17) is 13.7 Å². The summed E-state index contributed by atoms with van der Waals surface area (Å²) in [5.41, 5.74) is 4.99. The Bertz CT molecular complexity index is 1650. The van der Waals surface area contributed by atoms with E-state index in [2.05, 4.69) is 16.2 Å². The molecule has 3 aromatic heterocycles. The quantitative estimate of drug-likeness (QED) is 0.423. The van der Waals surface area contributed by atoms with Crippen molar-refractivity contribution in [3.05, 3.63) is 75.2 Å². The minimum atomic E-state index is -0.588. The predicted molar refractivity (Wildman–Crippen MR) is 123 cm³/mol. The maximum Gasteiger partial charge on any atom is 0.420 e. The number of ether oxygens (including phenoxy) is 1. The van der Waals surface area contributed by atoms with E-state index in [1.165, 1.54) is 4.57 Å². The second kappa shape index (κ2) is 8.17. The molecule has 0 atom stereocenters. The second-order valence-corrected chi connectivity index (χ2v) is 7.93. The molecule has 5 rings (SSSR count). The molecule has 0 saturated carbocycles. The van der Waals surface area contributed by atoms with Crippen LogP contribution < -0.4 is 10.5 Å². The van der Waals surface area contributed by atoms with Gasteiger partial charge in [0.1, 0.15) is 22.7 Å². The molecule has 0 unspecified atom stereocenters. The first-order valence-electron chi connectivity index (χ1n) is 10.5. The summed E-state index contributed by atoms with van der Waals surface area (Å²) in [6.45, 7) is 3.43. The highest BCUT2D eigenvalue weighted by molar-refractivity contribution is 6.05. The van der Waals surface area contributed by atoms with Gasteiger partial charge in [-0.05, 0) is 43.7 Å². The van der Waals surface area contributed by atoms with Gasteiger partial charge in [-0.2, -0.15) is 5.26 Å². The van der Waals surface area contributed by atoms with Crippen LogP contribution >= 0.6 is 0 Å². The Kier molecular flexibility index (Phi) is 5.15. The molecular formula is C25H20N4O5. The van der Waals surface area contributed by atoms with Gasteiger partial charge in [0.15, 0.2) is 5.58 Å². The van der Waals surface area contributed by atoms with Gasteiger partial charge >= 0.3 is 5.76 Å². The van der Waals surface area contributed by atoms with E-state index in [1.54, 1.807) is 31.4 Å². The fourth-order valence-corrected chi connectivity index (χ4v) is 4.32. The SMILES string of the molecule is COc1cc2c(cc1-c1c(C)noc1C)nc(CO)c1oc(=O)n(Cc3cccc(C#N)c3)c12. The summed E-state index contributed by atoms with van der Waals surface area (Å²) < 4.78 is 18.0. The van der Waals surface area contributed by atoms with E-state index in [0.29, 0.717) is 39.2 Å². The molecule has 2 aromatic carbocycles. The van der Waals surface area contributed by atoms with Crippen LogP contribution in [-0.4, -0.2) is 26.9 Å². The third-order valence-electron chi connectivity index (χ3n) is 5.83. The average molecular weight is 456 g/mol. The molecule has 9 nitrogen and oxygen atoms in total. The van der Waals surface area contributed by atoms with Crippen LogP contribution in [-0.2, 0) is 13.2 Å². The predicted octanol–water partition coefficient (Wildman–Crippen LogP) is 3.84. The highest BCUT2D eigenvalue weighted by atomic mass is 16.5. The van der Waals surface area contributed by atoms with Gasteiger partial charge in [0.25, 0.3) is 0 Å². The van der Waals surface area contributed by atoms with Crippen LogP contribution in [0.1, 0.15) is 28.3 Å². The van der Waals surface area contributed by atoms with E-state index in [0.717, 1.165) is 16.7 Å². The smallest absolute Gasteiger partial charge is 0.420 e. The number of hydrogen-bond donors (Lipinski definition) is 1. The van der Waals surface area contributed by atoms with Crippen molar-refractivity contribution < 1.29 is 18.8 Å². The van der Waals surface area contributed by atoms with Crippen molar-refractivity contribution in [1.29, 1.82) is 5.26 Å². The zero-order chi connectivity index (χ0) is 24.0. The van der Waals surface area contributed by atoms with Crippen LogP contribution in [0.2, 0.25) is 0 Å². The number of methoxy groups -OCH3 is 1. The zero-order valence-corrected chi connectivity index (χ0v) is 18.7. The van der Waals surface area contributed by atoms with Gasteiger partial charge in [0.2, 0.25) is 0 Å². The Morgan fingerprint density at radius 1 is 1.24 bits per heavy atom. The van der Waals surface area contributed by atoms with Crippen molar-refractivity contribution in [2.24, 2.45) is 0 Å². The lowest BCUT2D eigenvalue weighted by atomic mass is 10.00. The van der Waals surface area contributed by atoms with E-state index >= 15 is 0 Å². The highest BCUT2D eigenvalue weighted by Crippen LogP contribution is 2.39. The third kappa shape index (κ3) is 3.32. The lowest BCUT2D eigenvalue weighted by molar-refractivity contribution is 0.277. The first kappa shape index (κ1) is 21.4. The number of rotatable bonds is 5. The molecule has 9 heteroatoms. The number of aliphatic hydroxyl groups excluding tert-OH is 1. The number of pyridine rings is 1. The largest absolute Gasteiger partial charge is 0.496 e. The Hall–Kier alpha value is -4.42. The maximum atomic E-state index is 12.9. The lowest BCUT2D eigenvalue weighted by Crippen LogP contribution is -2.15. The molecule has 0 radical (unpaired) electrons. The van der Waals surface area contributed by atoms with Crippen molar-refractivity contribution in [3.63, 3.8) is 0 Å². The van der Waals surface area contributed by atoms with Gasteiger partial charge in [-0.1, -0.05) is 17.3 Å². The number of oxazole rings is 1. The summed E-state index contributed by atoms with van der Waals surface area (Å²) in [6.07, 6.45) is 0. The Morgan fingerprint density at radius 2 is 2.06 bits per heavy atom. The molecule has 3 heterocycles. The minimum Gasteiger partial charge on any atom is -0.496 e. The molecule has 170 valence electrons. The van der Waals surface area contributed by atoms with Crippen LogP contribution in [0.5, 0.6) is 5.75 Å². The molecule has 0 fully saturated rings. The number of nitriles is 1. The number of nitrogens with zero attached hydrogens (tertiary/aromatic N) is 4. The lowest BCUT2D eigenvalue weighted by Gasteiger charge is -2.12. The average Bonchev–Trinajstić information content (AvgIpc) is 3.35. The molecule has 5 aromatic rings. The molecule has 0 aliphatic carbocycles. The first-order chi connectivity index (χ1) is 16.4. The maximum absolute atomic E-state index is 12.9. The van der Waals surface area contributed by atoms with Gasteiger partial charge in [-0.15, -0.1) is 0 Å². The molecule has 0 aliphatic heterocycles. The van der Waals surface area contributed by atoms with E-state index in [9.17, 15) is 15.2 Å². The van der Waals surface area contributed by atoms with Gasteiger partial charge in [-0.3, -0.25) is 4.57 Å². The van der Waals surface area contributed by atoms with Gasteiger partial charge in [-0.25, -0.2) is 9.78 Å². The summed E-state index contributed by atoms with van der Waals surface area (Å²) in [5.74, 6) is 0.597. The van der Waals surface area contributed by atoms with Crippen LogP contribution in [0.3, 0.4) is 0 Å². The Labute approximate surface area is 193 Å². The fraction of sp³-hybridized carbons (Fsp3) is 0.200. The van der Waals surface area contributed by atoms with Crippen molar-refractivity contribution in [1.82, 2.24) is 14.7 Å². The van der Waals surface area contributed by atoms with Crippen molar-refractivity contribution in [3.8, 4) is 22.9 Å². The van der Waals surface area contributed by atoms with Crippen molar-refractivity contribution in [2.45, 2.75) is 27.0 Å². The molecule has 34 heavy (non-hydrogen) atoms. The molecule has 0 saturated heterocycles. The van der Waals surface area contributed by atoms with E-state index < -0.39 is 12.4 Å². The van der Waals surface area contributed by atoms with E-state index in [1.807, 2.05) is 26.0 Å². The molecule has 0 amide bonds. The number of fused-ring (bicyclic) bond motifs is 3. The first-order valence-corrected chi connectivity index (χ1v) is 10.5. The fourth-order valence-electron chi connectivity index (χ4n) is 4.32. The van der Waals surface area contributed by atoms with Gasteiger partial charge in [0.05, 0.1) is 48.7 Å². The Balaban J connectivity index is 1.82. The summed E-state index contributed by atoms with van der Waals surface area (Å²) in [7, 11) is 1.56. The number of aliphatic hydroxyl groups is 1. The summed E-state index contributed by atoms with van der Waals surface area (Å²) in [6, 6.07) is 12.7. The number of aromatic nitrogens is 3.